The van der Waals surface area contributed by atoms with E-state index in [1.807, 2.05) is 6.07 Å². The topological polar surface area (TPSA) is 67.0 Å². The predicted octanol–water partition coefficient (Wildman–Crippen LogP) is 6.88. The van der Waals surface area contributed by atoms with Crippen LogP contribution < -0.4 is 10.1 Å². The Labute approximate surface area is 197 Å². The van der Waals surface area contributed by atoms with Crippen LogP contribution in [-0.4, -0.2) is 21.5 Å². The first-order valence-electron chi connectivity index (χ1n) is 11.7. The average molecular weight is 446 g/mol. The maximum absolute atomic E-state index is 12.7. The number of nitrogens with one attached hydrogen (secondary N) is 2. The predicted molar refractivity (Wildman–Crippen MR) is 134 cm³/mol. The number of aromatic nitrogens is 2. The number of ether oxygens (including phenoxy) is 1. The van der Waals surface area contributed by atoms with Crippen molar-refractivity contribution in [1.29, 1.82) is 0 Å². The Morgan fingerprint density at radius 1 is 1.18 bits per heavy atom. The fourth-order valence-corrected chi connectivity index (χ4v) is 4.69. The Bertz CT molecular complexity index is 1140. The van der Waals surface area contributed by atoms with Gasteiger partial charge in [-0.2, -0.15) is 0 Å². The third-order valence-corrected chi connectivity index (χ3v) is 6.19. The molecule has 1 aliphatic heterocycles. The van der Waals surface area contributed by atoms with Gasteiger partial charge in [-0.05, 0) is 48.4 Å². The second-order valence-corrected chi connectivity index (χ2v) is 11.2. The van der Waals surface area contributed by atoms with Crippen LogP contribution in [0.4, 0.5) is 5.69 Å². The van der Waals surface area contributed by atoms with Gasteiger partial charge >= 0.3 is 0 Å². The van der Waals surface area contributed by atoms with Gasteiger partial charge in [0, 0.05) is 23.2 Å². The minimum absolute atomic E-state index is 0.00835. The summed E-state index contributed by atoms with van der Waals surface area (Å²) in [4.78, 5) is 20.1. The molecule has 1 atom stereocenters. The molecule has 2 aromatic carbocycles. The van der Waals surface area contributed by atoms with Gasteiger partial charge in [-0.1, -0.05) is 58.9 Å². The van der Waals surface area contributed by atoms with E-state index in [1.54, 1.807) is 12.5 Å². The number of amides is 1. The number of nitrogens with zero attached hydrogens (tertiary/aromatic N) is 1. The molecule has 2 heterocycles. The van der Waals surface area contributed by atoms with Crippen LogP contribution in [0.5, 0.6) is 5.75 Å². The van der Waals surface area contributed by atoms with E-state index in [9.17, 15) is 4.79 Å². The highest BCUT2D eigenvalue weighted by atomic mass is 16.5. The number of anilines is 1. The first-order chi connectivity index (χ1) is 15.4. The number of rotatable bonds is 5. The Kier molecular flexibility index (Phi) is 5.85. The first kappa shape index (κ1) is 23.1. The van der Waals surface area contributed by atoms with Crippen LogP contribution in [-0.2, 0) is 4.79 Å². The van der Waals surface area contributed by atoms with E-state index < -0.39 is 5.60 Å². The molecular formula is C28H35N3O2. The highest BCUT2D eigenvalue weighted by Crippen LogP contribution is 2.52. The second-order valence-electron chi connectivity index (χ2n) is 11.2. The molecule has 1 aromatic heterocycles. The molecule has 174 valence electrons. The number of H-pyrrole nitrogens is 1. The maximum atomic E-state index is 12.7. The molecule has 4 rings (SSSR count). The third kappa shape index (κ3) is 4.82. The van der Waals surface area contributed by atoms with Crippen LogP contribution in [0.15, 0.2) is 48.9 Å². The number of carbonyl (C=O) groups is 1. The number of carbonyl (C=O) groups excluding carboxylic acids is 1. The van der Waals surface area contributed by atoms with Crippen molar-refractivity contribution < 1.29 is 9.53 Å². The highest BCUT2D eigenvalue weighted by Gasteiger charge is 2.44. The summed E-state index contributed by atoms with van der Waals surface area (Å²) in [5.41, 5.74) is 5.63. The lowest BCUT2D eigenvalue weighted by Gasteiger charge is -2.27. The molecule has 0 fully saturated rings. The average Bonchev–Trinajstić information content (AvgIpc) is 3.31. The SMILES string of the molecule is CC(C)c1ccc(C2c3cc(NC(=O)CC(C)(C)C)cc(-c4cnc[nH]4)c3OC2(C)C)cc1. The van der Waals surface area contributed by atoms with Crippen LogP contribution in [0, 0.1) is 5.41 Å². The zero-order valence-corrected chi connectivity index (χ0v) is 20.7. The fourth-order valence-electron chi connectivity index (χ4n) is 4.69. The number of benzene rings is 2. The molecule has 1 unspecified atom stereocenters. The zero-order valence-electron chi connectivity index (χ0n) is 20.7. The van der Waals surface area contributed by atoms with E-state index in [0.29, 0.717) is 12.3 Å². The van der Waals surface area contributed by atoms with Gasteiger partial charge in [-0.3, -0.25) is 4.79 Å². The Hall–Kier alpha value is -3.08. The molecule has 2 N–H and O–H groups in total. The summed E-state index contributed by atoms with van der Waals surface area (Å²) in [6.45, 7) is 14.9. The summed E-state index contributed by atoms with van der Waals surface area (Å²) in [5, 5.41) is 3.13. The number of aromatic amines is 1. The Morgan fingerprint density at radius 2 is 1.88 bits per heavy atom. The maximum Gasteiger partial charge on any atom is 0.224 e. The van der Waals surface area contributed by atoms with Crippen molar-refractivity contribution in [2.45, 2.75) is 72.3 Å². The van der Waals surface area contributed by atoms with Crippen molar-refractivity contribution in [2.24, 2.45) is 5.41 Å². The number of fused-ring (bicyclic) bond motifs is 1. The summed E-state index contributed by atoms with van der Waals surface area (Å²) in [6, 6.07) is 12.9. The van der Waals surface area contributed by atoms with Crippen molar-refractivity contribution in [2.75, 3.05) is 5.32 Å². The molecule has 5 nitrogen and oxygen atoms in total. The molecular weight excluding hydrogens is 410 g/mol. The van der Waals surface area contributed by atoms with Crippen LogP contribution in [0.1, 0.15) is 83.4 Å². The number of hydrogen-bond donors (Lipinski definition) is 2. The first-order valence-corrected chi connectivity index (χ1v) is 11.7. The summed E-state index contributed by atoms with van der Waals surface area (Å²) in [5.74, 6) is 1.37. The molecule has 5 heteroatoms. The lowest BCUT2D eigenvalue weighted by Crippen LogP contribution is -2.31. The molecule has 33 heavy (non-hydrogen) atoms. The van der Waals surface area contributed by atoms with Crippen molar-refractivity contribution in [1.82, 2.24) is 9.97 Å². The van der Waals surface area contributed by atoms with Crippen LogP contribution in [0.25, 0.3) is 11.3 Å². The Balaban J connectivity index is 1.81. The fraction of sp³-hybridized carbons (Fsp3) is 0.429. The van der Waals surface area contributed by atoms with Gasteiger partial charge in [0.15, 0.2) is 0 Å². The molecule has 0 saturated carbocycles. The van der Waals surface area contributed by atoms with Crippen molar-refractivity contribution in [3.8, 4) is 17.0 Å². The summed E-state index contributed by atoms with van der Waals surface area (Å²) < 4.78 is 6.57. The third-order valence-electron chi connectivity index (χ3n) is 6.19. The van der Waals surface area contributed by atoms with Gasteiger partial charge < -0.3 is 15.0 Å². The second kappa shape index (κ2) is 8.36. The molecule has 1 aliphatic rings. The largest absolute Gasteiger partial charge is 0.486 e. The number of hydrogen-bond acceptors (Lipinski definition) is 3. The van der Waals surface area contributed by atoms with Gasteiger partial charge in [0.05, 0.1) is 24.1 Å². The molecule has 0 spiro atoms. The summed E-state index contributed by atoms with van der Waals surface area (Å²) >= 11 is 0. The van der Waals surface area contributed by atoms with E-state index in [2.05, 4.69) is 94.1 Å². The minimum Gasteiger partial charge on any atom is -0.486 e. The van der Waals surface area contributed by atoms with Crippen molar-refractivity contribution in [3.63, 3.8) is 0 Å². The van der Waals surface area contributed by atoms with E-state index in [1.165, 1.54) is 11.1 Å². The molecule has 0 saturated heterocycles. The molecule has 0 radical (unpaired) electrons. The van der Waals surface area contributed by atoms with Gasteiger partial charge in [0.25, 0.3) is 0 Å². The van der Waals surface area contributed by atoms with Gasteiger partial charge in [-0.15, -0.1) is 0 Å². The summed E-state index contributed by atoms with van der Waals surface area (Å²) in [7, 11) is 0. The quantitative estimate of drug-likeness (QED) is 0.450. The monoisotopic (exact) mass is 445 g/mol. The Morgan fingerprint density at radius 3 is 2.45 bits per heavy atom. The van der Waals surface area contributed by atoms with Gasteiger partial charge in [-0.25, -0.2) is 4.98 Å². The van der Waals surface area contributed by atoms with Gasteiger partial charge in [0.2, 0.25) is 5.91 Å². The van der Waals surface area contributed by atoms with E-state index in [0.717, 1.165) is 28.3 Å². The van der Waals surface area contributed by atoms with Crippen LogP contribution >= 0.6 is 0 Å². The molecule has 0 aliphatic carbocycles. The molecule has 0 bridgehead atoms. The molecule has 1 amide bonds. The van der Waals surface area contributed by atoms with E-state index in [4.69, 9.17) is 4.74 Å². The van der Waals surface area contributed by atoms with Gasteiger partial charge in [0.1, 0.15) is 11.4 Å². The van der Waals surface area contributed by atoms with Crippen LogP contribution in [0.2, 0.25) is 0 Å². The number of imidazole rings is 1. The highest BCUT2D eigenvalue weighted by molar-refractivity contribution is 5.93. The van der Waals surface area contributed by atoms with Crippen molar-refractivity contribution >= 4 is 11.6 Å². The zero-order chi connectivity index (χ0) is 24.0. The normalized spacial score (nSPS) is 17.0. The lowest BCUT2D eigenvalue weighted by molar-refractivity contribution is -0.117. The smallest absolute Gasteiger partial charge is 0.224 e. The van der Waals surface area contributed by atoms with Crippen LogP contribution in [0.3, 0.4) is 0 Å². The van der Waals surface area contributed by atoms with E-state index in [-0.39, 0.29) is 17.2 Å². The minimum atomic E-state index is -0.440. The van der Waals surface area contributed by atoms with Crippen molar-refractivity contribution in [3.05, 3.63) is 65.6 Å². The summed E-state index contributed by atoms with van der Waals surface area (Å²) in [6.07, 6.45) is 3.90. The molecule has 3 aromatic rings. The lowest BCUT2D eigenvalue weighted by atomic mass is 9.80. The standard InChI is InChI=1S/C28H35N3O2/c1-17(2)18-8-10-19(11-9-18)25-22-13-20(31-24(32)14-27(3,4)5)12-21(23-15-29-16-30-23)26(22)33-28(25,6)7/h8-13,15-17,25H,14H2,1-7H3,(H,29,30)(H,31,32). The van der Waals surface area contributed by atoms with E-state index >= 15 is 0 Å².